The summed E-state index contributed by atoms with van der Waals surface area (Å²) in [5, 5.41) is 23.2. The second kappa shape index (κ2) is 70.8. The zero-order valence-corrected chi connectivity index (χ0v) is 55.0. The molecule has 1 amide bonds. The molecule has 0 spiro atoms. The molecule has 0 aromatic heterocycles. The molecule has 2 atom stereocenters. The smallest absolute Gasteiger partial charge is 0.305 e. The standard InChI is InChI=1S/C75H145NO5/c1-3-5-7-9-11-13-15-17-18-38-41-44-47-51-55-59-63-67-73(78)72(71-77)76-74(79)68-64-60-56-52-48-45-42-39-36-34-32-30-28-26-24-22-20-19-21-23-25-27-29-31-33-35-37-40-43-46-50-54-58-62-66-70-81-75(80)69-65-61-57-53-49-16-14-12-10-8-6-4-2/h12,14,63,67,72-73,77-78H,3-11,13,15-62,64-66,68-71H2,1-2H3,(H,76,79)/b14-12-,67-63+. The molecular weight excluding hydrogens is 995 g/mol. The van der Waals surface area contributed by atoms with Crippen LogP contribution in [0, 0.1) is 0 Å². The molecule has 0 fully saturated rings. The van der Waals surface area contributed by atoms with Crippen molar-refractivity contribution in [3.8, 4) is 0 Å². The predicted molar refractivity (Wildman–Crippen MR) is 356 cm³/mol. The van der Waals surface area contributed by atoms with Crippen LogP contribution in [0.2, 0.25) is 0 Å². The summed E-state index contributed by atoms with van der Waals surface area (Å²) >= 11 is 0. The van der Waals surface area contributed by atoms with Gasteiger partial charge < -0.3 is 20.3 Å². The first-order chi connectivity index (χ1) is 40.0. The predicted octanol–water partition coefficient (Wildman–Crippen LogP) is 24.1. The van der Waals surface area contributed by atoms with Gasteiger partial charge in [0.1, 0.15) is 0 Å². The highest BCUT2D eigenvalue weighted by atomic mass is 16.5. The van der Waals surface area contributed by atoms with Crippen molar-refractivity contribution in [3.05, 3.63) is 24.3 Å². The summed E-state index contributed by atoms with van der Waals surface area (Å²) in [6.07, 6.45) is 90.0. The van der Waals surface area contributed by atoms with Crippen molar-refractivity contribution in [2.45, 2.75) is 431 Å². The van der Waals surface area contributed by atoms with E-state index in [4.69, 9.17) is 4.74 Å². The number of aliphatic hydroxyl groups is 2. The van der Waals surface area contributed by atoms with Crippen molar-refractivity contribution in [3.63, 3.8) is 0 Å². The van der Waals surface area contributed by atoms with Gasteiger partial charge in [0.05, 0.1) is 25.4 Å². The van der Waals surface area contributed by atoms with Crippen LogP contribution in [0.3, 0.4) is 0 Å². The van der Waals surface area contributed by atoms with Gasteiger partial charge in [-0.3, -0.25) is 9.59 Å². The topological polar surface area (TPSA) is 95.9 Å². The van der Waals surface area contributed by atoms with Crippen molar-refractivity contribution in [1.82, 2.24) is 5.32 Å². The average molecular weight is 1140 g/mol. The van der Waals surface area contributed by atoms with Gasteiger partial charge in [0.25, 0.3) is 0 Å². The van der Waals surface area contributed by atoms with Crippen LogP contribution in [0.5, 0.6) is 0 Å². The molecule has 6 nitrogen and oxygen atoms in total. The highest BCUT2D eigenvalue weighted by Gasteiger charge is 2.18. The van der Waals surface area contributed by atoms with E-state index in [1.165, 1.54) is 347 Å². The second-order valence-electron chi connectivity index (χ2n) is 25.6. The molecule has 0 saturated heterocycles. The van der Waals surface area contributed by atoms with Crippen LogP contribution < -0.4 is 5.32 Å². The molecule has 0 aliphatic rings. The Bertz CT molecular complexity index is 1270. The molecule has 0 aliphatic carbocycles. The summed E-state index contributed by atoms with van der Waals surface area (Å²) in [6.45, 7) is 4.92. The summed E-state index contributed by atoms with van der Waals surface area (Å²) in [7, 11) is 0. The number of esters is 1. The molecule has 0 bridgehead atoms. The summed E-state index contributed by atoms with van der Waals surface area (Å²) in [4.78, 5) is 24.5. The van der Waals surface area contributed by atoms with E-state index in [9.17, 15) is 19.8 Å². The molecule has 480 valence electrons. The maximum Gasteiger partial charge on any atom is 0.305 e. The van der Waals surface area contributed by atoms with Gasteiger partial charge in [-0.15, -0.1) is 0 Å². The Morgan fingerprint density at radius 2 is 0.580 bits per heavy atom. The van der Waals surface area contributed by atoms with E-state index >= 15 is 0 Å². The molecule has 2 unspecified atom stereocenters. The van der Waals surface area contributed by atoms with Gasteiger partial charge in [0.2, 0.25) is 5.91 Å². The van der Waals surface area contributed by atoms with Crippen LogP contribution >= 0.6 is 0 Å². The lowest BCUT2D eigenvalue weighted by Gasteiger charge is -2.20. The quantitative estimate of drug-likeness (QED) is 0.0320. The lowest BCUT2D eigenvalue weighted by Crippen LogP contribution is -2.45. The van der Waals surface area contributed by atoms with Crippen molar-refractivity contribution in [1.29, 1.82) is 0 Å². The Morgan fingerprint density at radius 1 is 0.333 bits per heavy atom. The second-order valence-corrected chi connectivity index (χ2v) is 25.6. The molecule has 0 rings (SSSR count). The normalized spacial score (nSPS) is 12.6. The fourth-order valence-electron chi connectivity index (χ4n) is 11.8. The average Bonchev–Trinajstić information content (AvgIpc) is 3.47. The number of nitrogens with one attached hydrogen (secondary N) is 1. The number of unbranched alkanes of at least 4 members (excludes halogenated alkanes) is 57. The Balaban J connectivity index is 3.32. The number of hydrogen-bond donors (Lipinski definition) is 3. The number of amides is 1. The van der Waals surface area contributed by atoms with E-state index in [2.05, 4.69) is 31.3 Å². The van der Waals surface area contributed by atoms with Crippen molar-refractivity contribution < 1.29 is 24.5 Å². The summed E-state index contributed by atoms with van der Waals surface area (Å²) in [6, 6.07) is -0.624. The number of rotatable bonds is 70. The fourth-order valence-corrected chi connectivity index (χ4v) is 11.8. The first-order valence-corrected chi connectivity index (χ1v) is 37.1. The van der Waals surface area contributed by atoms with Crippen molar-refractivity contribution in [2.24, 2.45) is 0 Å². The number of aliphatic hydroxyl groups excluding tert-OH is 2. The van der Waals surface area contributed by atoms with Crippen LogP contribution in [0.1, 0.15) is 418 Å². The third-order valence-electron chi connectivity index (χ3n) is 17.5. The zero-order valence-electron chi connectivity index (χ0n) is 55.0. The van der Waals surface area contributed by atoms with Gasteiger partial charge in [-0.1, -0.05) is 372 Å². The van der Waals surface area contributed by atoms with Crippen LogP contribution in [0.15, 0.2) is 24.3 Å². The Kier molecular flexibility index (Phi) is 69.4. The van der Waals surface area contributed by atoms with Crippen LogP contribution in [-0.2, 0) is 14.3 Å². The van der Waals surface area contributed by atoms with E-state index in [1.54, 1.807) is 6.08 Å². The summed E-state index contributed by atoms with van der Waals surface area (Å²) in [5.41, 5.74) is 0. The number of allylic oxidation sites excluding steroid dienone is 3. The summed E-state index contributed by atoms with van der Waals surface area (Å²) in [5.74, 6) is -0.0464. The highest BCUT2D eigenvalue weighted by molar-refractivity contribution is 5.76. The minimum atomic E-state index is -0.840. The molecule has 0 heterocycles. The Morgan fingerprint density at radius 3 is 0.901 bits per heavy atom. The molecule has 3 N–H and O–H groups in total. The van der Waals surface area contributed by atoms with Crippen molar-refractivity contribution >= 4 is 11.9 Å². The first kappa shape index (κ1) is 79.3. The third-order valence-corrected chi connectivity index (χ3v) is 17.5. The number of ether oxygens (including phenoxy) is 1. The molecule has 0 saturated carbocycles. The molecular formula is C75H145NO5. The maximum absolute atomic E-state index is 12.5. The van der Waals surface area contributed by atoms with Gasteiger partial charge >= 0.3 is 5.97 Å². The monoisotopic (exact) mass is 1140 g/mol. The zero-order chi connectivity index (χ0) is 58.5. The van der Waals surface area contributed by atoms with E-state index in [0.29, 0.717) is 19.4 Å². The Labute approximate surface area is 507 Å². The van der Waals surface area contributed by atoms with E-state index in [-0.39, 0.29) is 18.5 Å². The number of carbonyl (C=O) groups is 2. The first-order valence-electron chi connectivity index (χ1n) is 37.1. The minimum Gasteiger partial charge on any atom is -0.466 e. The van der Waals surface area contributed by atoms with Gasteiger partial charge in [-0.05, 0) is 57.8 Å². The molecule has 0 aromatic rings. The number of carbonyl (C=O) groups excluding carboxylic acids is 2. The Hall–Kier alpha value is -1.66. The van der Waals surface area contributed by atoms with Gasteiger partial charge in [0, 0.05) is 12.8 Å². The van der Waals surface area contributed by atoms with E-state index in [1.807, 2.05) is 6.08 Å². The maximum atomic E-state index is 12.5. The van der Waals surface area contributed by atoms with Crippen LogP contribution in [0.25, 0.3) is 0 Å². The van der Waals surface area contributed by atoms with Crippen LogP contribution in [0.4, 0.5) is 0 Å². The molecule has 6 heteroatoms. The molecule has 0 aliphatic heterocycles. The van der Waals surface area contributed by atoms with Crippen molar-refractivity contribution in [2.75, 3.05) is 13.2 Å². The molecule has 0 radical (unpaired) electrons. The van der Waals surface area contributed by atoms with Gasteiger partial charge in [-0.25, -0.2) is 0 Å². The minimum absolute atomic E-state index is 0.0128. The molecule has 81 heavy (non-hydrogen) atoms. The van der Waals surface area contributed by atoms with E-state index < -0.39 is 12.1 Å². The third kappa shape index (κ3) is 67.3. The molecule has 0 aromatic carbocycles. The number of hydrogen-bond acceptors (Lipinski definition) is 5. The van der Waals surface area contributed by atoms with Gasteiger partial charge in [0.15, 0.2) is 0 Å². The largest absolute Gasteiger partial charge is 0.466 e. The fraction of sp³-hybridized carbons (Fsp3) is 0.920. The summed E-state index contributed by atoms with van der Waals surface area (Å²) < 4.78 is 5.48. The van der Waals surface area contributed by atoms with Crippen LogP contribution in [-0.4, -0.2) is 47.4 Å². The highest BCUT2D eigenvalue weighted by Crippen LogP contribution is 2.19. The SMILES string of the molecule is CCCCC/C=C\CCCCCCCC(=O)OCCCCCCCCCCCCCCCCCCCCCCCCCCCCCCCCCCCCCC(=O)NC(CO)C(O)/C=C/CCCCCCCCCCCCCCCCC. The lowest BCUT2D eigenvalue weighted by atomic mass is 10.0. The lowest BCUT2D eigenvalue weighted by molar-refractivity contribution is -0.143. The van der Waals surface area contributed by atoms with Gasteiger partial charge in [-0.2, -0.15) is 0 Å². The van der Waals surface area contributed by atoms with E-state index in [0.717, 1.165) is 44.9 Å².